The highest BCUT2D eigenvalue weighted by Crippen LogP contribution is 2.38. The topological polar surface area (TPSA) is 49.8 Å². The average molecular weight is 388 g/mol. The molecule has 1 saturated heterocycles. The Labute approximate surface area is 165 Å². The molecule has 0 bridgehead atoms. The number of hydrogen-bond acceptors (Lipinski definition) is 3. The number of hydrogen-bond donors (Lipinski definition) is 1. The Bertz CT molecular complexity index is 791. The van der Waals surface area contributed by atoms with Gasteiger partial charge in [0.05, 0.1) is 19.1 Å². The van der Waals surface area contributed by atoms with E-state index in [1.54, 1.807) is 7.11 Å². The molecule has 5 heteroatoms. The van der Waals surface area contributed by atoms with Crippen LogP contribution in [-0.2, 0) is 11.2 Å². The summed E-state index contributed by atoms with van der Waals surface area (Å²) in [4.78, 5) is 13.8. The molecule has 2 unspecified atom stereocenters. The van der Waals surface area contributed by atoms with E-state index in [0.717, 1.165) is 42.7 Å². The molecule has 1 aliphatic rings. The molecule has 0 amide bonds. The molecule has 1 aliphatic heterocycles. The van der Waals surface area contributed by atoms with Crippen LogP contribution in [0.15, 0.2) is 42.5 Å². The minimum absolute atomic E-state index is 0.0910. The fraction of sp³-hybridized carbons (Fsp3) is 0.409. The van der Waals surface area contributed by atoms with E-state index in [0.29, 0.717) is 11.6 Å². The molecule has 1 fully saturated rings. The molecule has 0 radical (unpaired) electrons. The van der Waals surface area contributed by atoms with Crippen LogP contribution in [-0.4, -0.2) is 36.2 Å². The van der Waals surface area contributed by atoms with Crippen molar-refractivity contribution in [3.8, 4) is 5.75 Å². The first-order chi connectivity index (χ1) is 13.0. The number of piperidine rings is 1. The smallest absolute Gasteiger partial charge is 0.307 e. The lowest BCUT2D eigenvalue weighted by Crippen LogP contribution is -2.41. The molecule has 1 heterocycles. The SMILES string of the molecule is CCc1ccc(C(c2cc(Cl)ccc2OC)N2CCCC(C(=O)O)C2)cc1. The van der Waals surface area contributed by atoms with Crippen molar-refractivity contribution in [3.63, 3.8) is 0 Å². The average Bonchev–Trinajstić information content (AvgIpc) is 2.69. The number of likely N-dealkylation sites (tertiary alicyclic amines) is 1. The fourth-order valence-corrected chi connectivity index (χ4v) is 4.06. The molecule has 4 nitrogen and oxygen atoms in total. The van der Waals surface area contributed by atoms with Gasteiger partial charge in [0.2, 0.25) is 0 Å². The Hall–Kier alpha value is -2.04. The summed E-state index contributed by atoms with van der Waals surface area (Å²) in [5.74, 6) is -0.305. The zero-order chi connectivity index (χ0) is 19.4. The number of carbonyl (C=O) groups is 1. The number of methoxy groups -OCH3 is 1. The lowest BCUT2D eigenvalue weighted by atomic mass is 9.90. The van der Waals surface area contributed by atoms with Gasteiger partial charge in [-0.25, -0.2) is 0 Å². The van der Waals surface area contributed by atoms with E-state index in [9.17, 15) is 9.90 Å². The van der Waals surface area contributed by atoms with Crippen LogP contribution >= 0.6 is 11.6 Å². The van der Waals surface area contributed by atoms with Crippen molar-refractivity contribution in [1.29, 1.82) is 0 Å². The summed E-state index contributed by atoms with van der Waals surface area (Å²) in [7, 11) is 1.65. The molecule has 0 saturated carbocycles. The van der Waals surface area contributed by atoms with Crippen LogP contribution < -0.4 is 4.74 Å². The molecule has 1 N–H and O–H groups in total. The molecule has 0 aliphatic carbocycles. The third kappa shape index (κ3) is 4.45. The van der Waals surface area contributed by atoms with Gasteiger partial charge in [-0.05, 0) is 55.1 Å². The minimum atomic E-state index is -0.724. The maximum absolute atomic E-state index is 11.6. The van der Waals surface area contributed by atoms with Crippen LogP contribution in [0.25, 0.3) is 0 Å². The second kappa shape index (κ2) is 8.77. The van der Waals surface area contributed by atoms with Crippen molar-refractivity contribution in [3.05, 3.63) is 64.2 Å². The number of ether oxygens (including phenoxy) is 1. The van der Waals surface area contributed by atoms with E-state index in [1.807, 2.05) is 18.2 Å². The van der Waals surface area contributed by atoms with Crippen LogP contribution in [0, 0.1) is 5.92 Å². The van der Waals surface area contributed by atoms with Crippen molar-refractivity contribution in [1.82, 2.24) is 4.90 Å². The molecule has 2 aromatic rings. The monoisotopic (exact) mass is 387 g/mol. The quantitative estimate of drug-likeness (QED) is 0.773. The predicted octanol–water partition coefficient (Wildman–Crippen LogP) is 4.80. The Morgan fingerprint density at radius 1 is 1.30 bits per heavy atom. The summed E-state index contributed by atoms with van der Waals surface area (Å²) >= 11 is 6.30. The summed E-state index contributed by atoms with van der Waals surface area (Å²) in [6.45, 7) is 3.50. The number of aryl methyl sites for hydroxylation is 1. The lowest BCUT2D eigenvalue weighted by Gasteiger charge is -2.38. The van der Waals surface area contributed by atoms with Crippen LogP contribution in [0.5, 0.6) is 5.75 Å². The van der Waals surface area contributed by atoms with Crippen molar-refractivity contribution in [2.75, 3.05) is 20.2 Å². The highest BCUT2D eigenvalue weighted by molar-refractivity contribution is 6.30. The van der Waals surface area contributed by atoms with Gasteiger partial charge < -0.3 is 9.84 Å². The standard InChI is InChI=1S/C22H26ClNO3/c1-3-15-6-8-16(9-7-15)21(19-13-18(23)10-11-20(19)27-2)24-12-4-5-17(14-24)22(25)26/h6-11,13,17,21H,3-5,12,14H2,1-2H3,(H,25,26). The Morgan fingerprint density at radius 2 is 2.04 bits per heavy atom. The number of nitrogens with zero attached hydrogens (tertiary/aromatic N) is 1. The van der Waals surface area contributed by atoms with Gasteiger partial charge in [-0.1, -0.05) is 42.8 Å². The van der Waals surface area contributed by atoms with Crippen LogP contribution in [0.1, 0.15) is 42.5 Å². The first-order valence-corrected chi connectivity index (χ1v) is 9.80. The molecule has 3 rings (SSSR count). The maximum atomic E-state index is 11.6. The molecule has 144 valence electrons. The largest absolute Gasteiger partial charge is 0.496 e. The molecule has 0 spiro atoms. The first-order valence-electron chi connectivity index (χ1n) is 9.42. The molecule has 0 aromatic heterocycles. The number of halogens is 1. The molecular formula is C22H26ClNO3. The normalized spacial score (nSPS) is 18.9. The van der Waals surface area contributed by atoms with Gasteiger partial charge >= 0.3 is 5.97 Å². The van der Waals surface area contributed by atoms with Crippen LogP contribution in [0.4, 0.5) is 0 Å². The number of rotatable bonds is 6. The first kappa shape index (κ1) is 19.7. The zero-order valence-electron chi connectivity index (χ0n) is 15.8. The summed E-state index contributed by atoms with van der Waals surface area (Å²) in [5.41, 5.74) is 3.37. The van der Waals surface area contributed by atoms with Gasteiger partial charge in [0.25, 0.3) is 0 Å². The summed E-state index contributed by atoms with van der Waals surface area (Å²) < 4.78 is 5.61. The zero-order valence-corrected chi connectivity index (χ0v) is 16.6. The summed E-state index contributed by atoms with van der Waals surface area (Å²) in [6.07, 6.45) is 2.57. The van der Waals surface area contributed by atoms with E-state index < -0.39 is 5.97 Å². The number of carboxylic acids is 1. The Balaban J connectivity index is 2.06. The second-order valence-electron chi connectivity index (χ2n) is 7.06. The number of carboxylic acid groups (broad SMARTS) is 1. The highest BCUT2D eigenvalue weighted by atomic mass is 35.5. The van der Waals surface area contributed by atoms with Gasteiger partial charge in [0.1, 0.15) is 5.75 Å². The lowest BCUT2D eigenvalue weighted by molar-refractivity contribution is -0.143. The van der Waals surface area contributed by atoms with Gasteiger partial charge in [-0.2, -0.15) is 0 Å². The van der Waals surface area contributed by atoms with E-state index >= 15 is 0 Å². The summed E-state index contributed by atoms with van der Waals surface area (Å²) in [5, 5.41) is 10.2. The third-order valence-electron chi connectivity index (χ3n) is 5.36. The summed E-state index contributed by atoms with van der Waals surface area (Å²) in [6, 6.07) is 14.1. The molecule has 2 atom stereocenters. The van der Waals surface area contributed by atoms with Gasteiger partial charge in [-0.15, -0.1) is 0 Å². The van der Waals surface area contributed by atoms with Crippen LogP contribution in [0.2, 0.25) is 5.02 Å². The third-order valence-corrected chi connectivity index (χ3v) is 5.59. The van der Waals surface area contributed by atoms with Gasteiger partial charge in [-0.3, -0.25) is 9.69 Å². The van der Waals surface area contributed by atoms with E-state index in [4.69, 9.17) is 16.3 Å². The van der Waals surface area contributed by atoms with Crippen molar-refractivity contribution < 1.29 is 14.6 Å². The minimum Gasteiger partial charge on any atom is -0.496 e. The highest BCUT2D eigenvalue weighted by Gasteiger charge is 2.32. The molecule has 2 aromatic carbocycles. The van der Waals surface area contributed by atoms with Crippen molar-refractivity contribution in [2.24, 2.45) is 5.92 Å². The fourth-order valence-electron chi connectivity index (χ4n) is 3.88. The van der Waals surface area contributed by atoms with Crippen molar-refractivity contribution >= 4 is 17.6 Å². The molecule has 27 heavy (non-hydrogen) atoms. The predicted molar refractivity (Wildman–Crippen MR) is 108 cm³/mol. The van der Waals surface area contributed by atoms with Gasteiger partial charge in [0, 0.05) is 17.1 Å². The van der Waals surface area contributed by atoms with Crippen LogP contribution in [0.3, 0.4) is 0 Å². The Morgan fingerprint density at radius 3 is 2.67 bits per heavy atom. The Kier molecular flexibility index (Phi) is 6.40. The number of benzene rings is 2. The van der Waals surface area contributed by atoms with E-state index in [-0.39, 0.29) is 12.0 Å². The molecular weight excluding hydrogens is 362 g/mol. The maximum Gasteiger partial charge on any atom is 0.307 e. The number of aliphatic carboxylic acids is 1. The van der Waals surface area contributed by atoms with E-state index in [1.165, 1.54) is 5.56 Å². The van der Waals surface area contributed by atoms with E-state index in [2.05, 4.69) is 36.1 Å². The van der Waals surface area contributed by atoms with Crippen molar-refractivity contribution in [2.45, 2.75) is 32.2 Å². The van der Waals surface area contributed by atoms with Gasteiger partial charge in [0.15, 0.2) is 0 Å². The second-order valence-corrected chi connectivity index (χ2v) is 7.49.